The smallest absolute Gasteiger partial charge is 0.295 e. The summed E-state index contributed by atoms with van der Waals surface area (Å²) in [7, 11) is 0. The number of likely N-dealkylation sites (tertiary alicyclic amines) is 1. The van der Waals surface area contributed by atoms with E-state index in [0.29, 0.717) is 30.5 Å². The van der Waals surface area contributed by atoms with Crippen molar-refractivity contribution >= 4 is 22.6 Å². The third-order valence-corrected chi connectivity index (χ3v) is 4.18. The number of nitrogens with zero attached hydrogens (tertiary/aromatic N) is 1. The van der Waals surface area contributed by atoms with Crippen molar-refractivity contribution in [2.24, 2.45) is 11.8 Å². The molecule has 21 heavy (non-hydrogen) atoms. The van der Waals surface area contributed by atoms with Gasteiger partial charge in [0.05, 0.1) is 5.56 Å². The lowest BCUT2D eigenvalue weighted by Gasteiger charge is -2.34. The number of piperidine rings is 1. The van der Waals surface area contributed by atoms with E-state index in [1.165, 1.54) is 0 Å². The van der Waals surface area contributed by atoms with Gasteiger partial charge in [-0.1, -0.05) is 32.0 Å². The number of carbonyl (C=O) groups excluding carboxylic acids is 2. The second-order valence-electron chi connectivity index (χ2n) is 6.23. The quantitative estimate of drug-likeness (QED) is 0.681. The summed E-state index contributed by atoms with van der Waals surface area (Å²) in [5.41, 5.74) is 1.36. The molecule has 0 bridgehead atoms. The molecule has 2 atom stereocenters. The molecule has 1 fully saturated rings. The number of Topliss-reactive ketones (excluding diaryl/α,β-unsaturated/α-hetero) is 1. The number of aromatic nitrogens is 1. The highest BCUT2D eigenvalue weighted by Gasteiger charge is 2.30. The van der Waals surface area contributed by atoms with Crippen LogP contribution in [0.2, 0.25) is 0 Å². The van der Waals surface area contributed by atoms with Gasteiger partial charge < -0.3 is 9.88 Å². The molecule has 2 heterocycles. The number of rotatable bonds is 2. The molecule has 2 aromatic rings. The van der Waals surface area contributed by atoms with Gasteiger partial charge in [-0.05, 0) is 24.3 Å². The maximum atomic E-state index is 12.5. The zero-order valence-corrected chi connectivity index (χ0v) is 12.4. The van der Waals surface area contributed by atoms with Gasteiger partial charge in [0.25, 0.3) is 11.7 Å². The molecule has 1 aliphatic heterocycles. The minimum atomic E-state index is -0.409. The predicted octanol–water partition coefficient (Wildman–Crippen LogP) is 2.86. The maximum Gasteiger partial charge on any atom is 0.295 e. The number of aromatic amines is 1. The highest BCUT2D eigenvalue weighted by molar-refractivity contribution is 6.44. The standard InChI is InChI=1S/C17H20N2O2/c1-11-7-12(2)10-19(9-11)17(21)16(20)14-8-18-15-6-4-3-5-13(14)15/h3-6,8,11-12,18H,7,9-10H2,1-2H3/t11-,12-/m1/s1. The van der Waals surface area contributed by atoms with Crippen LogP contribution in [0.3, 0.4) is 0 Å². The first kappa shape index (κ1) is 13.9. The van der Waals surface area contributed by atoms with E-state index >= 15 is 0 Å². The molecular weight excluding hydrogens is 264 g/mol. The molecule has 1 amide bonds. The van der Waals surface area contributed by atoms with Gasteiger partial charge in [0.15, 0.2) is 0 Å². The molecule has 0 spiro atoms. The van der Waals surface area contributed by atoms with Crippen LogP contribution in [0.25, 0.3) is 10.9 Å². The van der Waals surface area contributed by atoms with Gasteiger partial charge in [-0.3, -0.25) is 9.59 Å². The summed E-state index contributed by atoms with van der Waals surface area (Å²) < 4.78 is 0. The third kappa shape index (κ3) is 2.58. The number of ketones is 1. The zero-order valence-electron chi connectivity index (χ0n) is 12.4. The van der Waals surface area contributed by atoms with Crippen LogP contribution in [0.5, 0.6) is 0 Å². The highest BCUT2D eigenvalue weighted by Crippen LogP contribution is 2.23. The molecule has 0 aliphatic carbocycles. The van der Waals surface area contributed by atoms with E-state index in [9.17, 15) is 9.59 Å². The highest BCUT2D eigenvalue weighted by atomic mass is 16.2. The number of nitrogens with one attached hydrogen (secondary N) is 1. The van der Waals surface area contributed by atoms with Crippen LogP contribution in [0.4, 0.5) is 0 Å². The molecule has 1 aromatic carbocycles. The zero-order chi connectivity index (χ0) is 15.0. The lowest BCUT2D eigenvalue weighted by Crippen LogP contribution is -2.45. The molecule has 110 valence electrons. The number of carbonyl (C=O) groups is 2. The van der Waals surface area contributed by atoms with Crippen molar-refractivity contribution in [1.82, 2.24) is 9.88 Å². The molecule has 1 N–H and O–H groups in total. The van der Waals surface area contributed by atoms with Crippen LogP contribution in [0.1, 0.15) is 30.6 Å². The van der Waals surface area contributed by atoms with Crippen molar-refractivity contribution in [3.63, 3.8) is 0 Å². The number of para-hydroxylation sites is 1. The number of hydrogen-bond acceptors (Lipinski definition) is 2. The fourth-order valence-corrected chi connectivity index (χ4v) is 3.35. The van der Waals surface area contributed by atoms with Crippen molar-refractivity contribution in [3.8, 4) is 0 Å². The predicted molar refractivity (Wildman–Crippen MR) is 82.2 cm³/mol. The van der Waals surface area contributed by atoms with E-state index in [0.717, 1.165) is 17.3 Å². The van der Waals surface area contributed by atoms with Gasteiger partial charge in [0.2, 0.25) is 0 Å². The molecule has 1 aromatic heterocycles. The maximum absolute atomic E-state index is 12.5. The Balaban J connectivity index is 1.86. The minimum Gasteiger partial charge on any atom is -0.360 e. The Morgan fingerprint density at radius 1 is 1.14 bits per heavy atom. The van der Waals surface area contributed by atoms with Gasteiger partial charge in [0.1, 0.15) is 0 Å². The van der Waals surface area contributed by atoms with Gasteiger partial charge in [-0.15, -0.1) is 0 Å². The molecule has 1 aliphatic rings. The molecule has 0 saturated carbocycles. The summed E-state index contributed by atoms with van der Waals surface area (Å²) >= 11 is 0. The second kappa shape index (κ2) is 5.35. The third-order valence-electron chi connectivity index (χ3n) is 4.18. The fourth-order valence-electron chi connectivity index (χ4n) is 3.35. The summed E-state index contributed by atoms with van der Waals surface area (Å²) in [6.45, 7) is 5.62. The molecule has 1 saturated heterocycles. The second-order valence-corrected chi connectivity index (χ2v) is 6.23. The lowest BCUT2D eigenvalue weighted by atomic mass is 9.91. The Bertz CT molecular complexity index is 679. The van der Waals surface area contributed by atoms with E-state index in [1.54, 1.807) is 11.1 Å². The largest absolute Gasteiger partial charge is 0.360 e. The van der Waals surface area contributed by atoms with Crippen molar-refractivity contribution in [3.05, 3.63) is 36.0 Å². The van der Waals surface area contributed by atoms with Crippen LogP contribution < -0.4 is 0 Å². The number of H-pyrrole nitrogens is 1. The monoisotopic (exact) mass is 284 g/mol. The van der Waals surface area contributed by atoms with Crippen molar-refractivity contribution < 1.29 is 9.59 Å². The minimum absolute atomic E-state index is 0.377. The van der Waals surface area contributed by atoms with Crippen molar-refractivity contribution in [1.29, 1.82) is 0 Å². The SMILES string of the molecule is C[C@@H]1C[C@@H](C)CN(C(=O)C(=O)c2c[nH]c3ccccc23)C1. The van der Waals surface area contributed by atoms with E-state index in [4.69, 9.17) is 0 Å². The van der Waals surface area contributed by atoms with Crippen molar-refractivity contribution in [2.45, 2.75) is 20.3 Å². The van der Waals surface area contributed by atoms with E-state index in [1.807, 2.05) is 24.3 Å². The van der Waals surface area contributed by atoms with Crippen LogP contribution in [0.15, 0.2) is 30.5 Å². The number of hydrogen-bond donors (Lipinski definition) is 1. The molecule has 4 heteroatoms. The Morgan fingerprint density at radius 3 is 2.52 bits per heavy atom. The first-order chi connectivity index (χ1) is 10.1. The van der Waals surface area contributed by atoms with Gasteiger partial charge in [0, 0.05) is 30.2 Å². The summed E-state index contributed by atoms with van der Waals surface area (Å²) in [6.07, 6.45) is 2.76. The van der Waals surface area contributed by atoms with Gasteiger partial charge in [-0.2, -0.15) is 0 Å². The molecule has 3 rings (SSSR count). The van der Waals surface area contributed by atoms with Gasteiger partial charge >= 0.3 is 0 Å². The summed E-state index contributed by atoms with van der Waals surface area (Å²) in [4.78, 5) is 29.8. The summed E-state index contributed by atoms with van der Waals surface area (Å²) in [5.74, 6) is 0.119. The average Bonchev–Trinajstić information content (AvgIpc) is 2.88. The first-order valence-corrected chi connectivity index (χ1v) is 7.46. The topological polar surface area (TPSA) is 53.2 Å². The summed E-state index contributed by atoms with van der Waals surface area (Å²) in [5, 5.41) is 0.814. The molecule has 4 nitrogen and oxygen atoms in total. The average molecular weight is 284 g/mol. The van der Waals surface area contributed by atoms with Crippen LogP contribution >= 0.6 is 0 Å². The van der Waals surface area contributed by atoms with Crippen LogP contribution in [-0.4, -0.2) is 34.7 Å². The first-order valence-electron chi connectivity index (χ1n) is 7.46. The normalized spacial score (nSPS) is 22.5. The summed E-state index contributed by atoms with van der Waals surface area (Å²) in [6, 6.07) is 7.56. The van der Waals surface area contributed by atoms with Crippen molar-refractivity contribution in [2.75, 3.05) is 13.1 Å². The van der Waals surface area contributed by atoms with E-state index < -0.39 is 5.78 Å². The Hall–Kier alpha value is -2.10. The van der Waals surface area contributed by atoms with E-state index in [2.05, 4.69) is 18.8 Å². The lowest BCUT2D eigenvalue weighted by molar-refractivity contribution is -0.129. The number of fused-ring (bicyclic) bond motifs is 1. The Labute approximate surface area is 124 Å². The molecule has 0 unspecified atom stereocenters. The molecular formula is C17H20N2O2. The number of amides is 1. The number of benzene rings is 1. The van der Waals surface area contributed by atoms with Gasteiger partial charge in [-0.25, -0.2) is 0 Å². The van der Waals surface area contributed by atoms with Crippen LogP contribution in [-0.2, 0) is 4.79 Å². The fraction of sp³-hybridized carbons (Fsp3) is 0.412. The Morgan fingerprint density at radius 2 is 1.81 bits per heavy atom. The molecule has 0 radical (unpaired) electrons. The van der Waals surface area contributed by atoms with E-state index in [-0.39, 0.29) is 5.91 Å². The Kier molecular flexibility index (Phi) is 3.53. The van der Waals surface area contributed by atoms with Crippen LogP contribution in [0, 0.1) is 11.8 Å².